The monoisotopic (exact) mass is 187 g/mol. The van der Waals surface area contributed by atoms with Crippen LogP contribution in [-0.4, -0.2) is 6.04 Å². The molecule has 1 aromatic carbocycles. The summed E-state index contributed by atoms with van der Waals surface area (Å²) in [5.74, 6) is 0. The molecule has 0 saturated heterocycles. The summed E-state index contributed by atoms with van der Waals surface area (Å²) in [6.07, 6.45) is 7.03. The molecule has 1 aliphatic carbocycles. The molecule has 14 heavy (non-hydrogen) atoms. The Kier molecular flexibility index (Phi) is 3.00. The van der Waals surface area contributed by atoms with Crippen LogP contribution in [-0.2, 0) is 0 Å². The predicted molar refractivity (Wildman–Crippen MR) is 60.9 cm³/mol. The van der Waals surface area contributed by atoms with E-state index in [2.05, 4.69) is 36.4 Å². The maximum Gasteiger partial charge on any atom is 0.00763 e. The largest absolute Gasteiger partial charge is 0.327 e. The number of hydrogen-bond donors (Lipinski definition) is 1. The lowest BCUT2D eigenvalue weighted by molar-refractivity contribution is 0.520. The molecule has 1 aliphatic rings. The molecule has 1 atom stereocenters. The van der Waals surface area contributed by atoms with Gasteiger partial charge in [0.05, 0.1) is 0 Å². The van der Waals surface area contributed by atoms with Crippen LogP contribution in [0.15, 0.2) is 35.9 Å². The van der Waals surface area contributed by atoms with Gasteiger partial charge in [-0.15, -0.1) is 0 Å². The van der Waals surface area contributed by atoms with Crippen molar-refractivity contribution in [1.82, 2.24) is 0 Å². The highest BCUT2D eigenvalue weighted by Crippen LogP contribution is 2.24. The van der Waals surface area contributed by atoms with Crippen molar-refractivity contribution in [2.45, 2.75) is 31.7 Å². The molecule has 1 fully saturated rings. The Labute approximate surface area is 85.6 Å². The zero-order valence-electron chi connectivity index (χ0n) is 8.45. The van der Waals surface area contributed by atoms with Crippen LogP contribution < -0.4 is 5.73 Å². The van der Waals surface area contributed by atoms with Crippen molar-refractivity contribution in [1.29, 1.82) is 0 Å². The number of rotatable bonds is 1. The van der Waals surface area contributed by atoms with Gasteiger partial charge in [0.15, 0.2) is 0 Å². The number of hydrogen-bond acceptors (Lipinski definition) is 1. The fourth-order valence-corrected chi connectivity index (χ4v) is 2.05. The van der Waals surface area contributed by atoms with Crippen LogP contribution in [0.1, 0.15) is 31.2 Å². The summed E-state index contributed by atoms with van der Waals surface area (Å²) in [7, 11) is 0. The third kappa shape index (κ3) is 2.46. The minimum absolute atomic E-state index is 0.388. The summed E-state index contributed by atoms with van der Waals surface area (Å²) < 4.78 is 0. The lowest BCUT2D eigenvalue weighted by Crippen LogP contribution is -2.23. The summed E-state index contributed by atoms with van der Waals surface area (Å²) in [6, 6.07) is 10.9. The van der Waals surface area contributed by atoms with Gasteiger partial charge in [0, 0.05) is 6.04 Å². The minimum Gasteiger partial charge on any atom is -0.327 e. The van der Waals surface area contributed by atoms with Crippen LogP contribution in [0.3, 0.4) is 0 Å². The summed E-state index contributed by atoms with van der Waals surface area (Å²) in [5.41, 5.74) is 8.75. The SMILES string of the molecule is NC1CCCC(=Cc2ccccc2)C1. The van der Waals surface area contributed by atoms with Gasteiger partial charge in [-0.25, -0.2) is 0 Å². The molecule has 0 bridgehead atoms. The second-order valence-electron chi connectivity index (χ2n) is 4.07. The van der Waals surface area contributed by atoms with Gasteiger partial charge >= 0.3 is 0 Å². The molecule has 1 nitrogen and oxygen atoms in total. The van der Waals surface area contributed by atoms with E-state index >= 15 is 0 Å². The van der Waals surface area contributed by atoms with Gasteiger partial charge in [-0.05, 0) is 31.2 Å². The Balaban J connectivity index is 2.10. The van der Waals surface area contributed by atoms with Gasteiger partial charge in [-0.3, -0.25) is 0 Å². The summed E-state index contributed by atoms with van der Waals surface area (Å²) in [5, 5.41) is 0. The van der Waals surface area contributed by atoms with Crippen molar-refractivity contribution in [3.8, 4) is 0 Å². The van der Waals surface area contributed by atoms with Crippen LogP contribution >= 0.6 is 0 Å². The lowest BCUT2D eigenvalue weighted by Gasteiger charge is -2.20. The van der Waals surface area contributed by atoms with Gasteiger partial charge in [0.1, 0.15) is 0 Å². The zero-order chi connectivity index (χ0) is 9.80. The molecule has 0 aromatic heterocycles. The van der Waals surface area contributed by atoms with Gasteiger partial charge in [-0.2, -0.15) is 0 Å². The van der Waals surface area contributed by atoms with E-state index in [1.54, 1.807) is 0 Å². The summed E-state index contributed by atoms with van der Waals surface area (Å²) >= 11 is 0. The second-order valence-corrected chi connectivity index (χ2v) is 4.07. The molecule has 1 aromatic rings. The van der Waals surface area contributed by atoms with Crippen molar-refractivity contribution in [2.75, 3.05) is 0 Å². The Hall–Kier alpha value is -1.08. The van der Waals surface area contributed by atoms with Crippen molar-refractivity contribution in [2.24, 2.45) is 5.73 Å². The number of nitrogens with two attached hydrogens (primary N) is 1. The van der Waals surface area contributed by atoms with Crippen molar-refractivity contribution in [3.05, 3.63) is 41.5 Å². The van der Waals surface area contributed by atoms with E-state index in [-0.39, 0.29) is 0 Å². The molecule has 1 unspecified atom stereocenters. The highest BCUT2D eigenvalue weighted by atomic mass is 14.6. The molecule has 0 amide bonds. The summed E-state index contributed by atoms with van der Waals surface area (Å²) in [4.78, 5) is 0. The first-order valence-corrected chi connectivity index (χ1v) is 5.34. The van der Waals surface area contributed by atoms with Crippen molar-refractivity contribution >= 4 is 6.08 Å². The lowest BCUT2D eigenvalue weighted by atomic mass is 9.90. The number of benzene rings is 1. The van der Waals surface area contributed by atoms with Crippen LogP contribution in [0.4, 0.5) is 0 Å². The summed E-state index contributed by atoms with van der Waals surface area (Å²) in [6.45, 7) is 0. The average molecular weight is 187 g/mol. The Morgan fingerprint density at radius 1 is 1.21 bits per heavy atom. The van der Waals surface area contributed by atoms with Crippen LogP contribution in [0.25, 0.3) is 6.08 Å². The predicted octanol–water partition coefficient (Wildman–Crippen LogP) is 2.97. The highest BCUT2D eigenvalue weighted by molar-refractivity contribution is 5.52. The molecule has 0 radical (unpaired) electrons. The van der Waals surface area contributed by atoms with E-state index in [0.717, 1.165) is 6.42 Å². The van der Waals surface area contributed by atoms with Crippen molar-refractivity contribution < 1.29 is 0 Å². The third-order valence-corrected chi connectivity index (χ3v) is 2.77. The average Bonchev–Trinajstić information content (AvgIpc) is 2.19. The Bertz CT molecular complexity index is 313. The van der Waals surface area contributed by atoms with Crippen LogP contribution in [0.5, 0.6) is 0 Å². The fraction of sp³-hybridized carbons (Fsp3) is 0.385. The van der Waals surface area contributed by atoms with E-state index in [4.69, 9.17) is 5.73 Å². The Morgan fingerprint density at radius 3 is 2.71 bits per heavy atom. The van der Waals surface area contributed by atoms with E-state index < -0.39 is 0 Å². The molecule has 0 spiro atoms. The molecular formula is C13H17N. The first kappa shape index (κ1) is 9.47. The second kappa shape index (κ2) is 4.43. The smallest absolute Gasteiger partial charge is 0.00763 e. The van der Waals surface area contributed by atoms with Gasteiger partial charge in [0.25, 0.3) is 0 Å². The van der Waals surface area contributed by atoms with Crippen LogP contribution in [0.2, 0.25) is 0 Å². The Morgan fingerprint density at radius 2 is 2.00 bits per heavy atom. The van der Waals surface area contributed by atoms with E-state index in [0.29, 0.717) is 6.04 Å². The fourth-order valence-electron chi connectivity index (χ4n) is 2.05. The standard InChI is InChI=1S/C13H17N/c14-13-8-4-7-12(10-13)9-11-5-2-1-3-6-11/h1-3,5-6,9,13H,4,7-8,10,14H2. The first-order valence-electron chi connectivity index (χ1n) is 5.34. The van der Waals surface area contributed by atoms with E-state index in [9.17, 15) is 0 Å². The van der Waals surface area contributed by atoms with Crippen molar-refractivity contribution in [3.63, 3.8) is 0 Å². The maximum atomic E-state index is 5.94. The maximum absolute atomic E-state index is 5.94. The normalized spacial score (nSPS) is 25.2. The molecule has 2 N–H and O–H groups in total. The van der Waals surface area contributed by atoms with Gasteiger partial charge in [0.2, 0.25) is 0 Å². The zero-order valence-corrected chi connectivity index (χ0v) is 8.45. The molecule has 1 saturated carbocycles. The molecular weight excluding hydrogens is 170 g/mol. The molecule has 2 rings (SSSR count). The quantitative estimate of drug-likeness (QED) is 0.718. The van der Waals surface area contributed by atoms with Crippen LogP contribution in [0, 0.1) is 0 Å². The molecule has 1 heteroatoms. The molecule has 74 valence electrons. The first-order chi connectivity index (χ1) is 6.84. The van der Waals surface area contributed by atoms with Gasteiger partial charge in [-0.1, -0.05) is 42.0 Å². The minimum atomic E-state index is 0.388. The molecule has 0 heterocycles. The highest BCUT2D eigenvalue weighted by Gasteiger charge is 2.12. The topological polar surface area (TPSA) is 26.0 Å². The van der Waals surface area contributed by atoms with E-state index in [1.807, 2.05) is 0 Å². The molecule has 0 aliphatic heterocycles. The van der Waals surface area contributed by atoms with Gasteiger partial charge < -0.3 is 5.73 Å². The third-order valence-electron chi connectivity index (χ3n) is 2.77. The van der Waals surface area contributed by atoms with E-state index in [1.165, 1.54) is 30.4 Å².